The van der Waals surface area contributed by atoms with Gasteiger partial charge in [0.25, 0.3) is 5.91 Å². The van der Waals surface area contributed by atoms with Crippen LogP contribution in [0.1, 0.15) is 40.6 Å². The predicted molar refractivity (Wildman–Crippen MR) is 73.0 cm³/mol. The highest BCUT2D eigenvalue weighted by Crippen LogP contribution is 2.32. The Morgan fingerprint density at radius 1 is 1.32 bits per heavy atom. The maximum atomic E-state index is 12.5. The van der Waals surface area contributed by atoms with Crippen LogP contribution in [0.4, 0.5) is 13.2 Å². The summed E-state index contributed by atoms with van der Waals surface area (Å²) >= 11 is 0. The molecule has 1 aliphatic rings. The van der Waals surface area contributed by atoms with Gasteiger partial charge in [-0.3, -0.25) is 9.78 Å². The Morgan fingerprint density at radius 3 is 2.73 bits per heavy atom. The first-order valence-electron chi connectivity index (χ1n) is 6.94. The molecule has 1 fully saturated rings. The van der Waals surface area contributed by atoms with Crippen LogP contribution in [0.3, 0.4) is 0 Å². The Morgan fingerprint density at radius 2 is 2.14 bits per heavy atom. The molecule has 0 saturated carbocycles. The lowest BCUT2D eigenvalue weighted by atomic mass is 10.1. The van der Waals surface area contributed by atoms with Crippen molar-refractivity contribution in [3.8, 4) is 0 Å². The van der Waals surface area contributed by atoms with E-state index in [2.05, 4.69) is 9.97 Å². The van der Waals surface area contributed by atoms with Crippen molar-refractivity contribution in [3.05, 3.63) is 53.6 Å². The summed E-state index contributed by atoms with van der Waals surface area (Å²) in [6.07, 6.45) is -0.0168. The molecule has 4 nitrogen and oxygen atoms in total. The van der Waals surface area contributed by atoms with Crippen molar-refractivity contribution < 1.29 is 18.0 Å². The lowest BCUT2D eigenvalue weighted by molar-refractivity contribution is -0.141. The molecule has 0 aromatic carbocycles. The number of aromatic nitrogens is 2. The minimum Gasteiger partial charge on any atom is -0.363 e. The minimum atomic E-state index is -4.50. The molecule has 2 aromatic heterocycles. The topological polar surface area (TPSA) is 49.0 Å². The van der Waals surface area contributed by atoms with Crippen molar-refractivity contribution in [1.82, 2.24) is 14.9 Å². The van der Waals surface area contributed by atoms with Gasteiger partial charge in [-0.2, -0.15) is 13.2 Å². The van der Waals surface area contributed by atoms with Crippen LogP contribution in [-0.4, -0.2) is 27.3 Å². The summed E-state index contributed by atoms with van der Waals surface area (Å²) in [5.74, 6) is -0.293. The number of carbonyl (C=O) groups excluding carboxylic acids is 1. The number of alkyl halides is 3. The van der Waals surface area contributed by atoms with Gasteiger partial charge >= 0.3 is 6.18 Å². The van der Waals surface area contributed by atoms with Crippen molar-refractivity contribution in [2.45, 2.75) is 25.1 Å². The summed E-state index contributed by atoms with van der Waals surface area (Å²) in [6, 6.07) is 5.72. The molecular weight excluding hydrogens is 295 g/mol. The van der Waals surface area contributed by atoms with Crippen LogP contribution < -0.4 is 0 Å². The van der Waals surface area contributed by atoms with Crippen LogP contribution in [0.15, 0.2) is 36.7 Å². The summed E-state index contributed by atoms with van der Waals surface area (Å²) in [4.78, 5) is 20.6. The summed E-state index contributed by atoms with van der Waals surface area (Å²) < 4.78 is 37.5. The average molecular weight is 309 g/mol. The summed E-state index contributed by atoms with van der Waals surface area (Å²) in [5, 5.41) is 0. The van der Waals surface area contributed by atoms with Gasteiger partial charge in [0.15, 0.2) is 0 Å². The number of rotatable bonds is 2. The molecule has 1 amide bonds. The van der Waals surface area contributed by atoms with Crippen molar-refractivity contribution in [1.29, 1.82) is 0 Å². The molecule has 0 spiro atoms. The van der Waals surface area contributed by atoms with Crippen LogP contribution in [0.5, 0.6) is 0 Å². The van der Waals surface area contributed by atoms with Gasteiger partial charge in [-0.1, -0.05) is 0 Å². The number of hydrogen-bond acceptors (Lipinski definition) is 2. The van der Waals surface area contributed by atoms with E-state index in [0.29, 0.717) is 6.54 Å². The third kappa shape index (κ3) is 2.70. The van der Waals surface area contributed by atoms with Gasteiger partial charge < -0.3 is 9.88 Å². The van der Waals surface area contributed by atoms with Crippen LogP contribution in [0, 0.1) is 0 Å². The second-order valence-corrected chi connectivity index (χ2v) is 5.21. The Kier molecular flexibility index (Phi) is 3.64. The van der Waals surface area contributed by atoms with E-state index in [9.17, 15) is 18.0 Å². The molecule has 1 unspecified atom stereocenters. The maximum absolute atomic E-state index is 12.5. The van der Waals surface area contributed by atoms with E-state index in [0.717, 1.165) is 30.8 Å². The molecule has 0 aliphatic carbocycles. The Balaban J connectivity index is 1.81. The van der Waals surface area contributed by atoms with Crippen molar-refractivity contribution >= 4 is 5.91 Å². The van der Waals surface area contributed by atoms with E-state index < -0.39 is 11.9 Å². The number of likely N-dealkylation sites (tertiary alicyclic amines) is 1. The Hall–Kier alpha value is -2.31. The molecule has 0 radical (unpaired) electrons. The third-order valence-electron chi connectivity index (χ3n) is 3.80. The van der Waals surface area contributed by atoms with Crippen molar-refractivity contribution in [2.24, 2.45) is 0 Å². The predicted octanol–water partition coefficient (Wildman–Crippen LogP) is 3.41. The van der Waals surface area contributed by atoms with Gasteiger partial charge in [-0.15, -0.1) is 0 Å². The highest BCUT2D eigenvalue weighted by molar-refractivity contribution is 5.94. The Labute approximate surface area is 125 Å². The third-order valence-corrected chi connectivity index (χ3v) is 3.80. The molecule has 1 atom stereocenters. The summed E-state index contributed by atoms with van der Waals surface area (Å²) in [7, 11) is 0. The zero-order chi connectivity index (χ0) is 15.7. The SMILES string of the molecule is O=C(c1ccc(C(F)(F)F)nc1)N1CCCC1c1ccc[nH]1. The molecule has 0 bridgehead atoms. The zero-order valence-electron chi connectivity index (χ0n) is 11.6. The number of hydrogen-bond donors (Lipinski definition) is 1. The lowest BCUT2D eigenvalue weighted by Gasteiger charge is -2.24. The van der Waals surface area contributed by atoms with E-state index in [4.69, 9.17) is 0 Å². The molecule has 3 heterocycles. The molecule has 1 saturated heterocycles. The molecule has 1 N–H and O–H groups in total. The van der Waals surface area contributed by atoms with E-state index in [-0.39, 0.29) is 17.5 Å². The largest absolute Gasteiger partial charge is 0.433 e. The number of aromatic amines is 1. The van der Waals surface area contributed by atoms with Crippen LogP contribution >= 0.6 is 0 Å². The van der Waals surface area contributed by atoms with Gasteiger partial charge in [-0.05, 0) is 37.1 Å². The number of amides is 1. The molecule has 1 aliphatic heterocycles. The smallest absolute Gasteiger partial charge is 0.363 e. The van der Waals surface area contributed by atoms with Crippen LogP contribution in [0.2, 0.25) is 0 Å². The highest BCUT2D eigenvalue weighted by Gasteiger charge is 2.34. The quantitative estimate of drug-likeness (QED) is 0.924. The maximum Gasteiger partial charge on any atom is 0.433 e. The van der Waals surface area contributed by atoms with Gasteiger partial charge in [0.2, 0.25) is 0 Å². The van der Waals surface area contributed by atoms with Gasteiger partial charge in [0.05, 0.1) is 11.6 Å². The Bertz CT molecular complexity index is 650. The minimum absolute atomic E-state index is 0.0650. The van der Waals surface area contributed by atoms with E-state index >= 15 is 0 Å². The first kappa shape index (κ1) is 14.6. The zero-order valence-corrected chi connectivity index (χ0v) is 11.6. The van der Waals surface area contributed by atoms with Crippen LogP contribution in [-0.2, 0) is 6.18 Å². The van der Waals surface area contributed by atoms with Crippen LogP contribution in [0.25, 0.3) is 0 Å². The van der Waals surface area contributed by atoms with Gasteiger partial charge in [-0.25, -0.2) is 0 Å². The molecule has 116 valence electrons. The van der Waals surface area contributed by atoms with E-state index in [1.165, 1.54) is 6.07 Å². The first-order chi connectivity index (χ1) is 10.5. The average Bonchev–Trinajstić information content (AvgIpc) is 3.16. The van der Waals surface area contributed by atoms with Gasteiger partial charge in [0.1, 0.15) is 5.69 Å². The number of H-pyrrole nitrogens is 1. The summed E-state index contributed by atoms with van der Waals surface area (Å²) in [5.41, 5.74) is 0.114. The molecular formula is C15H14F3N3O. The second-order valence-electron chi connectivity index (χ2n) is 5.21. The second kappa shape index (κ2) is 5.47. The first-order valence-corrected chi connectivity index (χ1v) is 6.94. The number of pyridine rings is 1. The van der Waals surface area contributed by atoms with E-state index in [1.54, 1.807) is 11.1 Å². The highest BCUT2D eigenvalue weighted by atomic mass is 19.4. The normalized spacial score (nSPS) is 18.7. The standard InChI is InChI=1S/C15H14F3N3O/c16-15(17,18)13-6-5-10(9-20-13)14(22)21-8-2-4-12(21)11-3-1-7-19-11/h1,3,5-7,9,12,19H,2,4,8H2. The van der Waals surface area contributed by atoms with Gasteiger partial charge in [0, 0.05) is 24.6 Å². The van der Waals surface area contributed by atoms with Crippen molar-refractivity contribution in [3.63, 3.8) is 0 Å². The number of nitrogens with one attached hydrogen (secondary N) is 1. The fourth-order valence-electron chi connectivity index (χ4n) is 2.74. The monoisotopic (exact) mass is 309 g/mol. The molecule has 7 heteroatoms. The van der Waals surface area contributed by atoms with Crippen molar-refractivity contribution in [2.75, 3.05) is 6.54 Å². The summed E-state index contributed by atoms with van der Waals surface area (Å²) in [6.45, 7) is 0.587. The fourth-order valence-corrected chi connectivity index (χ4v) is 2.74. The molecule has 3 rings (SSSR count). The molecule has 22 heavy (non-hydrogen) atoms. The van der Waals surface area contributed by atoms with E-state index in [1.807, 2.05) is 12.1 Å². The number of carbonyl (C=O) groups is 1. The number of nitrogens with zero attached hydrogens (tertiary/aromatic N) is 2. The number of halogens is 3. The fraction of sp³-hybridized carbons (Fsp3) is 0.333. The lowest BCUT2D eigenvalue weighted by Crippen LogP contribution is -2.30. The molecule has 2 aromatic rings.